The summed E-state index contributed by atoms with van der Waals surface area (Å²) in [5.41, 5.74) is 0.969. The van der Waals surface area contributed by atoms with E-state index < -0.39 is 0 Å². The fourth-order valence-electron chi connectivity index (χ4n) is 2.90. The van der Waals surface area contributed by atoms with Gasteiger partial charge in [0, 0.05) is 49.9 Å². The van der Waals surface area contributed by atoms with Gasteiger partial charge in [-0.05, 0) is 13.8 Å². The highest BCUT2D eigenvalue weighted by Crippen LogP contribution is 2.24. The van der Waals surface area contributed by atoms with Gasteiger partial charge in [0.05, 0.1) is 18.9 Å². The number of carbonyl (C=O) groups is 2. The van der Waals surface area contributed by atoms with Crippen molar-refractivity contribution >= 4 is 23.3 Å². The number of rotatable bonds is 2. The Morgan fingerprint density at radius 1 is 1.12 bits per heavy atom. The van der Waals surface area contributed by atoms with Crippen LogP contribution in [0.1, 0.15) is 34.2 Å². The maximum atomic E-state index is 12.5. The molecule has 0 aliphatic carbocycles. The summed E-state index contributed by atoms with van der Waals surface area (Å²) in [6, 6.07) is 0.107. The molecule has 0 saturated carbocycles. The molecule has 3 amide bonds. The molecule has 3 heterocycles. The molecule has 1 fully saturated rings. The molecule has 2 aliphatic heterocycles. The van der Waals surface area contributed by atoms with E-state index >= 15 is 0 Å². The number of hydrogen-bond donors (Lipinski definition) is 1. The lowest BCUT2D eigenvalue weighted by Crippen LogP contribution is -2.44. The molecule has 2 aliphatic rings. The van der Waals surface area contributed by atoms with Crippen LogP contribution in [0.3, 0.4) is 0 Å². The Balaban J connectivity index is 1.64. The first-order valence-electron chi connectivity index (χ1n) is 8.45. The molecule has 1 saturated heterocycles. The van der Waals surface area contributed by atoms with Gasteiger partial charge in [-0.25, -0.2) is 9.78 Å². The number of nitrogens with zero attached hydrogens (tertiary/aromatic N) is 3. The lowest BCUT2D eigenvalue weighted by Gasteiger charge is -2.25. The minimum atomic E-state index is -0.0234. The summed E-state index contributed by atoms with van der Waals surface area (Å²) in [7, 11) is 0. The topological polar surface area (TPSA) is 74.8 Å². The zero-order valence-corrected chi connectivity index (χ0v) is 15.0. The lowest BCUT2D eigenvalue weighted by molar-refractivity contribution is 0.0302. The van der Waals surface area contributed by atoms with Crippen LogP contribution in [-0.4, -0.2) is 72.2 Å². The van der Waals surface area contributed by atoms with Crippen molar-refractivity contribution in [2.45, 2.75) is 32.7 Å². The van der Waals surface area contributed by atoms with Crippen LogP contribution in [0.4, 0.5) is 4.79 Å². The number of carbonyl (C=O) groups excluding carboxylic acids is 2. The van der Waals surface area contributed by atoms with Gasteiger partial charge in [-0.2, -0.15) is 0 Å². The van der Waals surface area contributed by atoms with Crippen LogP contribution < -0.4 is 5.32 Å². The summed E-state index contributed by atoms with van der Waals surface area (Å²) < 4.78 is 5.29. The quantitative estimate of drug-likeness (QED) is 0.866. The number of thiazole rings is 1. The molecule has 0 spiro atoms. The second kappa shape index (κ2) is 7.48. The SMILES string of the molecule is CC(C)NC(=O)N1CCc2nc(C(=O)N3CCOCC3)sc2CC1. The number of ether oxygens (including phenoxy) is 1. The summed E-state index contributed by atoms with van der Waals surface area (Å²) in [5.74, 6) is 0.00535. The van der Waals surface area contributed by atoms with E-state index in [9.17, 15) is 9.59 Å². The van der Waals surface area contributed by atoms with Crippen molar-refractivity contribution in [3.05, 3.63) is 15.6 Å². The number of fused-ring (bicyclic) bond motifs is 1. The predicted octanol–water partition coefficient (Wildman–Crippen LogP) is 1.13. The van der Waals surface area contributed by atoms with E-state index in [0.717, 1.165) is 17.0 Å². The fourth-order valence-corrected chi connectivity index (χ4v) is 3.96. The van der Waals surface area contributed by atoms with Gasteiger partial charge < -0.3 is 19.9 Å². The Kier molecular flexibility index (Phi) is 5.35. The first-order valence-corrected chi connectivity index (χ1v) is 9.27. The summed E-state index contributed by atoms with van der Waals surface area (Å²) in [5, 5.41) is 3.50. The minimum absolute atomic E-state index is 0.00535. The summed E-state index contributed by atoms with van der Waals surface area (Å²) in [6.45, 7) is 7.67. The molecule has 7 nitrogen and oxygen atoms in total. The van der Waals surface area contributed by atoms with Crippen molar-refractivity contribution in [2.24, 2.45) is 0 Å². The van der Waals surface area contributed by atoms with Gasteiger partial charge >= 0.3 is 6.03 Å². The molecule has 3 rings (SSSR count). The molecular weight excluding hydrogens is 328 g/mol. The smallest absolute Gasteiger partial charge is 0.317 e. The van der Waals surface area contributed by atoms with Gasteiger partial charge in [0.1, 0.15) is 0 Å². The van der Waals surface area contributed by atoms with Gasteiger partial charge in [-0.15, -0.1) is 11.3 Å². The van der Waals surface area contributed by atoms with Crippen molar-refractivity contribution in [2.75, 3.05) is 39.4 Å². The molecule has 0 unspecified atom stereocenters. The van der Waals surface area contributed by atoms with Crippen molar-refractivity contribution in [3.63, 3.8) is 0 Å². The van der Waals surface area contributed by atoms with Gasteiger partial charge in [0.25, 0.3) is 5.91 Å². The van der Waals surface area contributed by atoms with E-state index in [0.29, 0.717) is 50.8 Å². The molecule has 0 aromatic carbocycles. The average Bonchev–Trinajstić information content (AvgIpc) is 2.87. The van der Waals surface area contributed by atoms with E-state index in [1.54, 1.807) is 0 Å². The molecule has 1 N–H and O–H groups in total. The second-order valence-electron chi connectivity index (χ2n) is 6.38. The monoisotopic (exact) mass is 352 g/mol. The highest BCUT2D eigenvalue weighted by molar-refractivity contribution is 7.13. The first-order chi connectivity index (χ1) is 11.5. The summed E-state index contributed by atoms with van der Waals surface area (Å²) in [4.78, 5) is 34.0. The van der Waals surface area contributed by atoms with Crippen molar-refractivity contribution in [3.8, 4) is 0 Å². The number of urea groups is 1. The Labute approximate surface area is 146 Å². The second-order valence-corrected chi connectivity index (χ2v) is 7.47. The number of morpholine rings is 1. The van der Waals surface area contributed by atoms with Crippen LogP contribution >= 0.6 is 11.3 Å². The van der Waals surface area contributed by atoms with Crippen LogP contribution in [-0.2, 0) is 17.6 Å². The number of aromatic nitrogens is 1. The molecule has 0 atom stereocenters. The van der Waals surface area contributed by atoms with Gasteiger partial charge in [-0.1, -0.05) is 0 Å². The first kappa shape index (κ1) is 17.2. The summed E-state index contributed by atoms with van der Waals surface area (Å²) >= 11 is 1.48. The third-order valence-electron chi connectivity index (χ3n) is 4.19. The molecule has 0 bridgehead atoms. The normalized spacial score (nSPS) is 18.3. The number of hydrogen-bond acceptors (Lipinski definition) is 5. The Morgan fingerprint density at radius 3 is 2.54 bits per heavy atom. The maximum absolute atomic E-state index is 12.5. The molecule has 132 valence electrons. The zero-order chi connectivity index (χ0) is 17.1. The van der Waals surface area contributed by atoms with Crippen LogP contribution in [0.25, 0.3) is 0 Å². The van der Waals surface area contributed by atoms with Crippen molar-refractivity contribution in [1.29, 1.82) is 0 Å². The Bertz CT molecular complexity index is 585. The van der Waals surface area contributed by atoms with Gasteiger partial charge in [0.2, 0.25) is 0 Å². The average molecular weight is 352 g/mol. The van der Waals surface area contributed by atoms with Crippen LogP contribution in [0, 0.1) is 0 Å². The maximum Gasteiger partial charge on any atom is 0.317 e. The van der Waals surface area contributed by atoms with Gasteiger partial charge in [-0.3, -0.25) is 4.79 Å². The number of nitrogens with one attached hydrogen (secondary N) is 1. The Hall–Kier alpha value is -1.67. The molecule has 8 heteroatoms. The summed E-state index contributed by atoms with van der Waals surface area (Å²) in [6.07, 6.45) is 1.46. The molecular formula is C16H24N4O3S. The van der Waals surface area contributed by atoms with E-state index in [1.807, 2.05) is 23.6 Å². The zero-order valence-electron chi connectivity index (χ0n) is 14.2. The van der Waals surface area contributed by atoms with Gasteiger partial charge in [0.15, 0.2) is 5.01 Å². The third-order valence-corrected chi connectivity index (χ3v) is 5.33. The standard InChI is InChI=1S/C16H24N4O3S/c1-11(2)17-16(22)20-5-3-12-13(4-6-20)24-14(18-12)15(21)19-7-9-23-10-8-19/h11H,3-10H2,1-2H3,(H,17,22). The lowest BCUT2D eigenvalue weighted by atomic mass is 10.2. The highest BCUT2D eigenvalue weighted by Gasteiger charge is 2.26. The van der Waals surface area contributed by atoms with E-state index in [4.69, 9.17) is 4.74 Å². The van der Waals surface area contributed by atoms with E-state index in [-0.39, 0.29) is 18.0 Å². The van der Waals surface area contributed by atoms with E-state index in [2.05, 4.69) is 10.3 Å². The highest BCUT2D eigenvalue weighted by atomic mass is 32.1. The minimum Gasteiger partial charge on any atom is -0.378 e. The molecule has 1 aromatic rings. The van der Waals surface area contributed by atoms with Crippen LogP contribution in [0.2, 0.25) is 0 Å². The van der Waals surface area contributed by atoms with Crippen LogP contribution in [0.5, 0.6) is 0 Å². The van der Waals surface area contributed by atoms with Crippen molar-refractivity contribution in [1.82, 2.24) is 20.1 Å². The van der Waals surface area contributed by atoms with E-state index in [1.165, 1.54) is 11.3 Å². The molecule has 1 aromatic heterocycles. The largest absolute Gasteiger partial charge is 0.378 e. The molecule has 24 heavy (non-hydrogen) atoms. The van der Waals surface area contributed by atoms with Crippen molar-refractivity contribution < 1.29 is 14.3 Å². The number of amides is 3. The van der Waals surface area contributed by atoms with Crippen LogP contribution in [0.15, 0.2) is 0 Å². The molecule has 0 radical (unpaired) electrons. The fraction of sp³-hybridized carbons (Fsp3) is 0.688. The Morgan fingerprint density at radius 2 is 1.83 bits per heavy atom. The third kappa shape index (κ3) is 3.87. The predicted molar refractivity (Wildman–Crippen MR) is 91.5 cm³/mol.